The number of hydrogen-bond acceptors (Lipinski definition) is 3. The van der Waals surface area contributed by atoms with Crippen LogP contribution in [0.15, 0.2) is 12.2 Å². The van der Waals surface area contributed by atoms with Gasteiger partial charge in [-0.2, -0.15) is 0 Å². The molecule has 0 aliphatic heterocycles. The highest BCUT2D eigenvalue weighted by molar-refractivity contribution is 6.80. The van der Waals surface area contributed by atoms with Crippen LogP contribution < -0.4 is 0 Å². The Morgan fingerprint density at radius 2 is 1.64 bits per heavy atom. The van der Waals surface area contributed by atoms with E-state index in [-0.39, 0.29) is 16.1 Å². The lowest BCUT2D eigenvalue weighted by molar-refractivity contribution is -0.133. The van der Waals surface area contributed by atoms with Crippen molar-refractivity contribution in [2.45, 2.75) is 83.8 Å². The van der Waals surface area contributed by atoms with E-state index in [1.807, 2.05) is 0 Å². The Hall–Kier alpha value is -1.10. The lowest BCUT2D eigenvalue weighted by atomic mass is 10.1. The van der Waals surface area contributed by atoms with Crippen LogP contribution in [0.25, 0.3) is 0 Å². The molecule has 0 saturated carbocycles. The molecule has 0 aliphatic rings. The summed E-state index contributed by atoms with van der Waals surface area (Å²) < 4.78 is 6.02. The smallest absolute Gasteiger partial charge is 0.328 e. The van der Waals surface area contributed by atoms with Crippen molar-refractivity contribution in [3.63, 3.8) is 0 Å². The van der Waals surface area contributed by atoms with Crippen LogP contribution in [0, 0.1) is 0 Å². The summed E-state index contributed by atoms with van der Waals surface area (Å²) >= 11 is 0. The van der Waals surface area contributed by atoms with Crippen molar-refractivity contribution in [2.24, 2.45) is 0 Å². The Morgan fingerprint density at radius 1 is 1.14 bits per heavy atom. The van der Waals surface area contributed by atoms with Crippen molar-refractivity contribution in [2.75, 3.05) is 0 Å². The van der Waals surface area contributed by atoms with E-state index >= 15 is 0 Å². The summed E-state index contributed by atoms with van der Waals surface area (Å²) in [6.45, 7) is 15.0. The van der Waals surface area contributed by atoms with Crippen LogP contribution in [0.4, 0.5) is 0 Å². The number of carbonyl (C=O) groups is 2. The molecule has 0 aromatic carbocycles. The summed E-state index contributed by atoms with van der Waals surface area (Å²) in [7, 11) is -2.44. The van der Waals surface area contributed by atoms with Crippen molar-refractivity contribution in [1.82, 2.24) is 0 Å². The molecule has 0 aromatic rings. The average Bonchev–Trinajstić information content (AvgIpc) is 2.39. The molecule has 0 radical (unpaired) electrons. The molecule has 0 unspecified atom stereocenters. The molecule has 0 spiro atoms. The summed E-state index contributed by atoms with van der Waals surface area (Å²) in [6, 6.07) is 0. The SMILES string of the molecule is CCCCC(C)(C)[Si](OC(=O)/C=C/C(=O)O)(C(C)C)C(C)C. The van der Waals surface area contributed by atoms with E-state index in [2.05, 4.69) is 48.5 Å². The van der Waals surface area contributed by atoms with Crippen LogP contribution in [0.1, 0.15) is 67.7 Å². The van der Waals surface area contributed by atoms with Crippen molar-refractivity contribution in [3.05, 3.63) is 12.2 Å². The first-order valence-corrected chi connectivity index (χ1v) is 10.2. The zero-order valence-electron chi connectivity index (χ0n) is 15.1. The van der Waals surface area contributed by atoms with Gasteiger partial charge in [-0.1, -0.05) is 61.3 Å². The predicted molar refractivity (Wildman–Crippen MR) is 92.4 cm³/mol. The normalized spacial score (nSPS) is 13.1. The monoisotopic (exact) mass is 328 g/mol. The number of carboxylic acids is 1. The molecule has 22 heavy (non-hydrogen) atoms. The third kappa shape index (κ3) is 4.97. The molecule has 0 amide bonds. The number of unbranched alkanes of at least 4 members (excludes halogenated alkanes) is 1. The second-order valence-corrected chi connectivity index (χ2v) is 12.6. The number of carboxylic acid groups (broad SMARTS) is 1. The van der Waals surface area contributed by atoms with Crippen LogP contribution in [0.3, 0.4) is 0 Å². The highest BCUT2D eigenvalue weighted by Gasteiger charge is 2.56. The average molecular weight is 329 g/mol. The highest BCUT2D eigenvalue weighted by Crippen LogP contribution is 2.53. The molecular formula is C17H32O4Si. The summed E-state index contributed by atoms with van der Waals surface area (Å²) in [4.78, 5) is 22.7. The molecule has 4 nitrogen and oxygen atoms in total. The van der Waals surface area contributed by atoms with Crippen molar-refractivity contribution in [3.8, 4) is 0 Å². The minimum Gasteiger partial charge on any atom is -0.515 e. The van der Waals surface area contributed by atoms with Gasteiger partial charge in [0, 0.05) is 12.2 Å². The van der Waals surface area contributed by atoms with E-state index in [4.69, 9.17) is 9.53 Å². The maximum atomic E-state index is 12.2. The molecule has 0 aromatic heterocycles. The van der Waals surface area contributed by atoms with Gasteiger partial charge in [0.1, 0.15) is 0 Å². The molecule has 0 heterocycles. The second-order valence-electron chi connectivity index (χ2n) is 7.18. The summed E-state index contributed by atoms with van der Waals surface area (Å²) in [5.41, 5.74) is 0.531. The molecule has 1 N–H and O–H groups in total. The first-order valence-electron chi connectivity index (χ1n) is 8.15. The topological polar surface area (TPSA) is 63.6 Å². The molecule has 5 heteroatoms. The maximum absolute atomic E-state index is 12.2. The van der Waals surface area contributed by atoms with Crippen LogP contribution in [-0.4, -0.2) is 25.4 Å². The van der Waals surface area contributed by atoms with Gasteiger partial charge < -0.3 is 9.53 Å². The minimum absolute atomic E-state index is 0.0575. The van der Waals surface area contributed by atoms with Crippen molar-refractivity contribution in [1.29, 1.82) is 0 Å². The number of aliphatic carboxylic acids is 1. The molecule has 0 saturated heterocycles. The van der Waals surface area contributed by atoms with E-state index in [9.17, 15) is 9.59 Å². The molecule has 0 fully saturated rings. The standard InChI is InChI=1S/C17H32O4Si/c1-8-9-12-17(6,7)22(13(2)3,14(4)5)21-16(20)11-10-15(18)19/h10-11,13-14H,8-9,12H2,1-7H3,(H,18,19)/b11-10+. The lowest BCUT2D eigenvalue weighted by Crippen LogP contribution is -2.54. The third-order valence-corrected chi connectivity index (χ3v) is 10.9. The predicted octanol–water partition coefficient (Wildman–Crippen LogP) is 4.91. The van der Waals surface area contributed by atoms with Gasteiger partial charge in [-0.25, -0.2) is 9.59 Å². The number of carbonyl (C=O) groups excluding carboxylic acids is 1. The van der Waals surface area contributed by atoms with Gasteiger partial charge in [-0.3, -0.25) is 0 Å². The molecule has 128 valence electrons. The molecule has 0 aliphatic carbocycles. The highest BCUT2D eigenvalue weighted by atomic mass is 28.4. The number of hydrogen-bond donors (Lipinski definition) is 1. The molecular weight excluding hydrogens is 296 g/mol. The van der Waals surface area contributed by atoms with E-state index in [1.165, 1.54) is 0 Å². The van der Waals surface area contributed by atoms with Gasteiger partial charge in [0.05, 0.1) is 0 Å². The summed E-state index contributed by atoms with van der Waals surface area (Å²) in [5.74, 6) is -1.66. The van der Waals surface area contributed by atoms with Crippen molar-refractivity contribution >= 4 is 20.3 Å². The zero-order chi connectivity index (χ0) is 17.6. The van der Waals surface area contributed by atoms with Crippen LogP contribution >= 0.6 is 0 Å². The van der Waals surface area contributed by atoms with Gasteiger partial charge in [0.15, 0.2) is 0 Å². The molecule has 0 bridgehead atoms. The summed E-state index contributed by atoms with van der Waals surface area (Å²) in [6.07, 6.45) is 5.11. The zero-order valence-corrected chi connectivity index (χ0v) is 16.1. The quantitative estimate of drug-likeness (QED) is 0.482. The fourth-order valence-electron chi connectivity index (χ4n) is 3.76. The largest absolute Gasteiger partial charge is 0.515 e. The van der Waals surface area contributed by atoms with Gasteiger partial charge in [0.2, 0.25) is 0 Å². The van der Waals surface area contributed by atoms with Gasteiger partial charge in [-0.15, -0.1) is 0 Å². The number of rotatable bonds is 9. The molecule has 0 atom stereocenters. The van der Waals surface area contributed by atoms with Crippen LogP contribution in [0.2, 0.25) is 16.1 Å². The van der Waals surface area contributed by atoms with E-state index in [0.29, 0.717) is 0 Å². The van der Waals surface area contributed by atoms with E-state index in [1.54, 1.807) is 0 Å². The summed E-state index contributed by atoms with van der Waals surface area (Å²) in [5, 5.41) is 8.61. The van der Waals surface area contributed by atoms with Gasteiger partial charge in [-0.05, 0) is 22.5 Å². The Morgan fingerprint density at radius 3 is 2.00 bits per heavy atom. The fourth-order valence-corrected chi connectivity index (χ4v) is 9.93. The maximum Gasteiger partial charge on any atom is 0.328 e. The molecule has 0 rings (SSSR count). The Kier molecular flexibility index (Phi) is 8.08. The van der Waals surface area contributed by atoms with E-state index < -0.39 is 20.3 Å². The Balaban J connectivity index is 5.61. The first-order chi connectivity index (χ1) is 10.0. The Bertz CT molecular complexity index is 403. The van der Waals surface area contributed by atoms with Gasteiger partial charge in [0.25, 0.3) is 8.32 Å². The third-order valence-electron chi connectivity index (χ3n) is 4.56. The van der Waals surface area contributed by atoms with E-state index in [0.717, 1.165) is 31.4 Å². The second kappa shape index (κ2) is 8.51. The first kappa shape index (κ1) is 20.9. The van der Waals surface area contributed by atoms with Gasteiger partial charge >= 0.3 is 11.9 Å². The van der Waals surface area contributed by atoms with Crippen LogP contribution in [-0.2, 0) is 14.0 Å². The Labute approximate surface area is 136 Å². The fraction of sp³-hybridized carbons (Fsp3) is 0.765. The lowest BCUT2D eigenvalue weighted by Gasteiger charge is -2.49. The van der Waals surface area contributed by atoms with Crippen molar-refractivity contribution < 1.29 is 19.1 Å². The minimum atomic E-state index is -2.44. The van der Waals surface area contributed by atoms with Crippen LogP contribution in [0.5, 0.6) is 0 Å².